The first kappa shape index (κ1) is 15.0. The van der Waals surface area contributed by atoms with Gasteiger partial charge in [-0.05, 0) is 22.0 Å². The van der Waals surface area contributed by atoms with Crippen LogP contribution >= 0.6 is 15.9 Å². The number of carbonyl (C=O) groups excluding carboxylic acids is 1. The lowest BCUT2D eigenvalue weighted by molar-refractivity contribution is -0.384. The SMILES string of the molecule is Cn1ncc(CNC(=O)c2cc([N+](=O)[O-])ccc2Br)c1N. The van der Waals surface area contributed by atoms with Gasteiger partial charge in [-0.25, -0.2) is 0 Å². The number of nitro benzene ring substituents is 1. The summed E-state index contributed by atoms with van der Waals surface area (Å²) in [4.78, 5) is 22.3. The molecule has 0 unspecified atom stereocenters. The Morgan fingerprint density at radius 1 is 1.57 bits per heavy atom. The molecule has 9 heteroatoms. The lowest BCUT2D eigenvalue weighted by atomic mass is 10.2. The number of nitrogen functional groups attached to an aromatic ring is 1. The van der Waals surface area contributed by atoms with E-state index in [1.165, 1.54) is 22.9 Å². The first-order valence-corrected chi connectivity index (χ1v) is 6.68. The Morgan fingerprint density at radius 2 is 2.29 bits per heavy atom. The maximum Gasteiger partial charge on any atom is 0.270 e. The van der Waals surface area contributed by atoms with Crippen molar-refractivity contribution < 1.29 is 9.72 Å². The number of amides is 1. The third kappa shape index (κ3) is 3.19. The predicted octanol–water partition coefficient (Wildman–Crippen LogP) is 1.60. The van der Waals surface area contributed by atoms with Gasteiger partial charge in [-0.15, -0.1) is 0 Å². The Morgan fingerprint density at radius 3 is 2.86 bits per heavy atom. The maximum atomic E-state index is 12.1. The van der Waals surface area contributed by atoms with Crippen LogP contribution in [0.4, 0.5) is 11.5 Å². The number of nitro groups is 1. The molecule has 1 amide bonds. The normalized spacial score (nSPS) is 10.4. The number of anilines is 1. The fraction of sp³-hybridized carbons (Fsp3) is 0.167. The van der Waals surface area contributed by atoms with Gasteiger partial charge in [-0.3, -0.25) is 19.6 Å². The summed E-state index contributed by atoms with van der Waals surface area (Å²) < 4.78 is 1.97. The van der Waals surface area contributed by atoms with Crippen LogP contribution < -0.4 is 11.1 Å². The Balaban J connectivity index is 2.15. The van der Waals surface area contributed by atoms with Crippen molar-refractivity contribution in [1.82, 2.24) is 15.1 Å². The summed E-state index contributed by atoms with van der Waals surface area (Å²) in [6, 6.07) is 4.00. The summed E-state index contributed by atoms with van der Waals surface area (Å²) in [7, 11) is 1.69. The second kappa shape index (κ2) is 5.92. The molecule has 8 nitrogen and oxygen atoms in total. The van der Waals surface area contributed by atoms with E-state index < -0.39 is 10.8 Å². The van der Waals surface area contributed by atoms with Crippen LogP contribution in [0.1, 0.15) is 15.9 Å². The van der Waals surface area contributed by atoms with Crippen molar-refractivity contribution >= 4 is 33.3 Å². The van der Waals surface area contributed by atoms with Crippen LogP contribution in [0.15, 0.2) is 28.9 Å². The molecule has 0 aliphatic heterocycles. The Hall–Kier alpha value is -2.42. The molecule has 0 saturated heterocycles. The molecule has 0 aliphatic rings. The average molecular weight is 354 g/mol. The number of non-ortho nitro benzene ring substituents is 1. The third-order valence-corrected chi connectivity index (χ3v) is 3.60. The zero-order valence-electron chi connectivity index (χ0n) is 11.0. The number of aryl methyl sites for hydroxylation is 1. The van der Waals surface area contributed by atoms with E-state index >= 15 is 0 Å². The van der Waals surface area contributed by atoms with Gasteiger partial charge < -0.3 is 11.1 Å². The van der Waals surface area contributed by atoms with E-state index in [1.54, 1.807) is 13.2 Å². The number of nitrogens with two attached hydrogens (primary N) is 1. The number of nitrogens with one attached hydrogen (secondary N) is 1. The third-order valence-electron chi connectivity index (χ3n) is 2.91. The van der Waals surface area contributed by atoms with Gasteiger partial charge in [0.1, 0.15) is 5.82 Å². The number of carbonyl (C=O) groups is 1. The van der Waals surface area contributed by atoms with Crippen molar-refractivity contribution in [3.8, 4) is 0 Å². The number of hydrogen-bond donors (Lipinski definition) is 2. The summed E-state index contributed by atoms with van der Waals surface area (Å²) in [5, 5.41) is 17.4. The fourth-order valence-corrected chi connectivity index (χ4v) is 2.13. The van der Waals surface area contributed by atoms with Gasteiger partial charge in [0.15, 0.2) is 0 Å². The molecular weight excluding hydrogens is 342 g/mol. The average Bonchev–Trinajstić information content (AvgIpc) is 2.76. The van der Waals surface area contributed by atoms with Crippen LogP contribution in [0.5, 0.6) is 0 Å². The molecule has 2 aromatic rings. The van der Waals surface area contributed by atoms with Gasteiger partial charge in [-0.2, -0.15) is 5.10 Å². The minimum absolute atomic E-state index is 0.149. The summed E-state index contributed by atoms with van der Waals surface area (Å²) >= 11 is 3.20. The van der Waals surface area contributed by atoms with Gasteiger partial charge in [0.2, 0.25) is 0 Å². The molecule has 2 rings (SSSR count). The highest BCUT2D eigenvalue weighted by atomic mass is 79.9. The van der Waals surface area contributed by atoms with E-state index in [2.05, 4.69) is 26.3 Å². The first-order chi connectivity index (χ1) is 9.90. The summed E-state index contributed by atoms with van der Waals surface area (Å²) in [5.74, 6) is 0.0160. The molecule has 0 spiro atoms. The Bertz CT molecular complexity index is 713. The van der Waals surface area contributed by atoms with Crippen LogP contribution in [0.25, 0.3) is 0 Å². The fourth-order valence-electron chi connectivity index (χ4n) is 1.70. The molecule has 0 aliphatic carbocycles. The standard InChI is InChI=1S/C12H12BrN5O3/c1-17-11(14)7(6-16-17)5-15-12(19)9-4-8(18(20)21)2-3-10(9)13/h2-4,6H,5,14H2,1H3,(H,15,19). The molecule has 1 heterocycles. The highest BCUT2D eigenvalue weighted by molar-refractivity contribution is 9.10. The number of hydrogen-bond acceptors (Lipinski definition) is 5. The molecule has 0 radical (unpaired) electrons. The Labute approximate surface area is 128 Å². The van der Waals surface area contributed by atoms with Crippen molar-refractivity contribution in [2.24, 2.45) is 7.05 Å². The maximum absolute atomic E-state index is 12.1. The van der Waals surface area contributed by atoms with Crippen LogP contribution in [0.3, 0.4) is 0 Å². The van der Waals surface area contributed by atoms with E-state index in [1.807, 2.05) is 0 Å². The molecule has 0 atom stereocenters. The van der Waals surface area contributed by atoms with Gasteiger partial charge in [-0.1, -0.05) is 0 Å². The van der Waals surface area contributed by atoms with E-state index in [0.717, 1.165) is 0 Å². The zero-order chi connectivity index (χ0) is 15.6. The van der Waals surface area contributed by atoms with Gasteiger partial charge in [0.25, 0.3) is 11.6 Å². The van der Waals surface area contributed by atoms with E-state index in [-0.39, 0.29) is 17.8 Å². The number of halogens is 1. The second-order valence-corrected chi connectivity index (χ2v) is 5.14. The first-order valence-electron chi connectivity index (χ1n) is 5.88. The van der Waals surface area contributed by atoms with Gasteiger partial charge in [0.05, 0.1) is 16.7 Å². The highest BCUT2D eigenvalue weighted by Gasteiger charge is 2.16. The zero-order valence-corrected chi connectivity index (χ0v) is 12.6. The smallest absolute Gasteiger partial charge is 0.270 e. The van der Waals surface area contributed by atoms with E-state index in [9.17, 15) is 14.9 Å². The van der Waals surface area contributed by atoms with E-state index in [0.29, 0.717) is 15.9 Å². The molecule has 1 aromatic carbocycles. The largest absolute Gasteiger partial charge is 0.384 e. The monoisotopic (exact) mass is 353 g/mol. The number of rotatable bonds is 4. The van der Waals surface area contributed by atoms with Crippen LogP contribution in [0.2, 0.25) is 0 Å². The molecular formula is C12H12BrN5O3. The van der Waals surface area contributed by atoms with Crippen molar-refractivity contribution in [3.05, 3.63) is 50.1 Å². The topological polar surface area (TPSA) is 116 Å². The lowest BCUT2D eigenvalue weighted by Crippen LogP contribution is -2.23. The van der Waals surface area contributed by atoms with Crippen molar-refractivity contribution in [3.63, 3.8) is 0 Å². The molecule has 21 heavy (non-hydrogen) atoms. The summed E-state index contributed by atoms with van der Waals surface area (Å²) in [5.41, 5.74) is 6.48. The van der Waals surface area contributed by atoms with Crippen LogP contribution in [-0.2, 0) is 13.6 Å². The van der Waals surface area contributed by atoms with Crippen molar-refractivity contribution in [2.75, 3.05) is 5.73 Å². The highest BCUT2D eigenvalue weighted by Crippen LogP contribution is 2.22. The molecule has 0 bridgehead atoms. The quantitative estimate of drug-likeness (QED) is 0.639. The second-order valence-electron chi connectivity index (χ2n) is 4.28. The lowest BCUT2D eigenvalue weighted by Gasteiger charge is -2.06. The molecule has 0 saturated carbocycles. The summed E-state index contributed by atoms with van der Waals surface area (Å²) in [6.07, 6.45) is 1.55. The minimum atomic E-state index is -0.553. The molecule has 1 aromatic heterocycles. The van der Waals surface area contributed by atoms with E-state index in [4.69, 9.17) is 5.73 Å². The van der Waals surface area contributed by atoms with Crippen LogP contribution in [0, 0.1) is 10.1 Å². The Kier molecular flexibility index (Phi) is 4.22. The molecule has 3 N–H and O–H groups in total. The van der Waals surface area contributed by atoms with Crippen LogP contribution in [-0.4, -0.2) is 20.6 Å². The predicted molar refractivity (Wildman–Crippen MR) is 79.6 cm³/mol. The van der Waals surface area contributed by atoms with Gasteiger partial charge >= 0.3 is 0 Å². The number of aromatic nitrogens is 2. The number of benzene rings is 1. The van der Waals surface area contributed by atoms with Crippen molar-refractivity contribution in [1.29, 1.82) is 0 Å². The number of nitrogens with zero attached hydrogens (tertiary/aromatic N) is 3. The van der Waals surface area contributed by atoms with Gasteiger partial charge in [0, 0.05) is 35.8 Å². The molecule has 110 valence electrons. The summed E-state index contributed by atoms with van der Waals surface area (Å²) in [6.45, 7) is 0.188. The molecule has 0 fully saturated rings. The van der Waals surface area contributed by atoms with Crippen molar-refractivity contribution in [2.45, 2.75) is 6.54 Å². The minimum Gasteiger partial charge on any atom is -0.384 e.